The molecule has 2 N–H and O–H groups in total. The van der Waals surface area contributed by atoms with Gasteiger partial charge in [0.2, 0.25) is 5.91 Å². The Labute approximate surface area is 92.8 Å². The molecule has 3 atom stereocenters. The molecule has 1 aliphatic heterocycles. The number of rotatable bonds is 3. The number of carbonyl (C=O) groups excluding carboxylic acids is 1. The first-order valence-electron chi connectivity index (χ1n) is 5.37. The lowest BCUT2D eigenvalue weighted by atomic mass is 10.2. The van der Waals surface area contributed by atoms with Crippen LogP contribution in [-0.2, 0) is 14.3 Å². The van der Waals surface area contributed by atoms with Gasteiger partial charge in [-0.25, -0.2) is 0 Å². The van der Waals surface area contributed by atoms with Gasteiger partial charge in [-0.05, 0) is 6.42 Å². The number of carbonyl (C=O) groups is 2. The van der Waals surface area contributed by atoms with Crippen LogP contribution >= 0.6 is 0 Å². The van der Waals surface area contributed by atoms with Crippen LogP contribution in [0.4, 0.5) is 0 Å². The van der Waals surface area contributed by atoms with Gasteiger partial charge in [0, 0.05) is 13.1 Å². The summed E-state index contributed by atoms with van der Waals surface area (Å²) in [5.74, 6) is -1.89. The molecule has 2 fully saturated rings. The molecule has 1 saturated heterocycles. The molecule has 2 aliphatic rings. The summed E-state index contributed by atoms with van der Waals surface area (Å²) < 4.78 is 5.22. The molecule has 0 aromatic heterocycles. The quantitative estimate of drug-likeness (QED) is 0.643. The molecule has 1 heterocycles. The van der Waals surface area contributed by atoms with Crippen molar-refractivity contribution in [2.24, 2.45) is 11.8 Å². The van der Waals surface area contributed by atoms with Gasteiger partial charge < -0.3 is 19.8 Å². The molecule has 0 spiro atoms. The molecule has 6 nitrogen and oxygen atoms in total. The van der Waals surface area contributed by atoms with Crippen LogP contribution in [0, 0.1) is 11.8 Å². The van der Waals surface area contributed by atoms with Crippen molar-refractivity contribution in [1.82, 2.24) is 4.90 Å². The van der Waals surface area contributed by atoms with Crippen molar-refractivity contribution in [2.45, 2.75) is 12.5 Å². The van der Waals surface area contributed by atoms with E-state index in [0.717, 1.165) is 0 Å². The zero-order valence-corrected chi connectivity index (χ0v) is 8.83. The number of aliphatic carboxylic acids is 1. The summed E-state index contributed by atoms with van der Waals surface area (Å²) in [5, 5.41) is 17.7. The van der Waals surface area contributed by atoms with Crippen molar-refractivity contribution in [3.63, 3.8) is 0 Å². The standard InChI is InChI=1S/C10H15NO5/c12-5-6-4-11(1-2-16-6)9(13)7-3-8(7)10(14)15/h6-8,12H,1-5H2,(H,14,15)/t6?,7-,8+/m1/s1. The Morgan fingerprint density at radius 3 is 2.69 bits per heavy atom. The van der Waals surface area contributed by atoms with Crippen LogP contribution in [0.2, 0.25) is 0 Å². The summed E-state index contributed by atoms with van der Waals surface area (Å²) in [7, 11) is 0. The average Bonchev–Trinajstić information content (AvgIpc) is 3.08. The second-order valence-corrected chi connectivity index (χ2v) is 4.25. The highest BCUT2D eigenvalue weighted by atomic mass is 16.5. The monoisotopic (exact) mass is 229 g/mol. The molecule has 1 amide bonds. The van der Waals surface area contributed by atoms with E-state index in [-0.39, 0.29) is 24.5 Å². The third-order valence-electron chi connectivity index (χ3n) is 3.08. The van der Waals surface area contributed by atoms with Crippen LogP contribution in [0.1, 0.15) is 6.42 Å². The minimum Gasteiger partial charge on any atom is -0.481 e. The fourth-order valence-corrected chi connectivity index (χ4v) is 2.01. The number of aliphatic hydroxyl groups is 1. The van der Waals surface area contributed by atoms with Crippen LogP contribution in [0.5, 0.6) is 0 Å². The summed E-state index contributed by atoms with van der Waals surface area (Å²) in [5.41, 5.74) is 0. The van der Waals surface area contributed by atoms with E-state index in [4.69, 9.17) is 14.9 Å². The Kier molecular flexibility index (Phi) is 3.11. The molecule has 16 heavy (non-hydrogen) atoms. The first-order chi connectivity index (χ1) is 7.63. The van der Waals surface area contributed by atoms with Crippen molar-refractivity contribution < 1.29 is 24.5 Å². The van der Waals surface area contributed by atoms with Gasteiger partial charge in [-0.2, -0.15) is 0 Å². The third kappa shape index (κ3) is 2.17. The predicted octanol–water partition coefficient (Wildman–Crippen LogP) is -1.07. The Balaban J connectivity index is 1.88. The molecular formula is C10H15NO5. The van der Waals surface area contributed by atoms with Gasteiger partial charge in [0.15, 0.2) is 0 Å². The minimum atomic E-state index is -0.898. The predicted molar refractivity (Wildman–Crippen MR) is 52.6 cm³/mol. The highest BCUT2D eigenvalue weighted by molar-refractivity contribution is 5.89. The molecule has 0 aromatic rings. The molecule has 0 radical (unpaired) electrons. The van der Waals surface area contributed by atoms with Crippen LogP contribution < -0.4 is 0 Å². The molecule has 1 saturated carbocycles. The van der Waals surface area contributed by atoms with E-state index in [1.165, 1.54) is 0 Å². The Morgan fingerprint density at radius 2 is 2.12 bits per heavy atom. The van der Waals surface area contributed by atoms with E-state index in [1.807, 2.05) is 0 Å². The lowest BCUT2D eigenvalue weighted by molar-refractivity contribution is -0.145. The van der Waals surface area contributed by atoms with Crippen molar-refractivity contribution in [3.8, 4) is 0 Å². The van der Waals surface area contributed by atoms with Crippen LogP contribution in [-0.4, -0.2) is 59.4 Å². The van der Waals surface area contributed by atoms with Gasteiger partial charge in [-0.1, -0.05) is 0 Å². The zero-order valence-electron chi connectivity index (χ0n) is 8.83. The fourth-order valence-electron chi connectivity index (χ4n) is 2.01. The summed E-state index contributed by atoms with van der Waals surface area (Å²) in [6, 6.07) is 0. The molecule has 1 unspecified atom stereocenters. The fraction of sp³-hybridized carbons (Fsp3) is 0.800. The van der Waals surface area contributed by atoms with Gasteiger partial charge in [-0.15, -0.1) is 0 Å². The summed E-state index contributed by atoms with van der Waals surface area (Å²) in [4.78, 5) is 24.1. The van der Waals surface area contributed by atoms with Crippen molar-refractivity contribution >= 4 is 11.9 Å². The van der Waals surface area contributed by atoms with E-state index in [9.17, 15) is 9.59 Å². The highest BCUT2D eigenvalue weighted by Crippen LogP contribution is 2.40. The van der Waals surface area contributed by atoms with E-state index >= 15 is 0 Å². The van der Waals surface area contributed by atoms with E-state index in [1.54, 1.807) is 4.90 Å². The second-order valence-electron chi connectivity index (χ2n) is 4.25. The first kappa shape index (κ1) is 11.3. The minimum absolute atomic E-state index is 0.114. The molecule has 0 bridgehead atoms. The van der Waals surface area contributed by atoms with Crippen molar-refractivity contribution in [2.75, 3.05) is 26.3 Å². The summed E-state index contributed by atoms with van der Waals surface area (Å²) in [6.45, 7) is 1.13. The highest BCUT2D eigenvalue weighted by Gasteiger charge is 2.50. The van der Waals surface area contributed by atoms with Crippen LogP contribution in [0.15, 0.2) is 0 Å². The number of carboxylic acids is 1. The first-order valence-corrected chi connectivity index (χ1v) is 5.37. The maximum absolute atomic E-state index is 11.9. The maximum Gasteiger partial charge on any atom is 0.307 e. The molecule has 1 aliphatic carbocycles. The molecule has 6 heteroatoms. The Bertz CT molecular complexity index is 306. The van der Waals surface area contributed by atoms with Gasteiger partial charge >= 0.3 is 5.97 Å². The third-order valence-corrected chi connectivity index (χ3v) is 3.08. The van der Waals surface area contributed by atoms with Crippen molar-refractivity contribution in [1.29, 1.82) is 0 Å². The summed E-state index contributed by atoms with van der Waals surface area (Å²) >= 11 is 0. The van der Waals surface area contributed by atoms with Crippen molar-refractivity contribution in [3.05, 3.63) is 0 Å². The number of amides is 1. The van der Waals surface area contributed by atoms with Crippen LogP contribution in [0.25, 0.3) is 0 Å². The van der Waals surface area contributed by atoms with Gasteiger partial charge in [-0.3, -0.25) is 9.59 Å². The van der Waals surface area contributed by atoms with E-state index in [0.29, 0.717) is 26.1 Å². The number of ether oxygens (including phenoxy) is 1. The Hall–Kier alpha value is -1.14. The smallest absolute Gasteiger partial charge is 0.307 e. The molecule has 0 aromatic carbocycles. The molecular weight excluding hydrogens is 214 g/mol. The van der Waals surface area contributed by atoms with E-state index < -0.39 is 11.9 Å². The van der Waals surface area contributed by atoms with Gasteiger partial charge in [0.25, 0.3) is 0 Å². The average molecular weight is 229 g/mol. The topological polar surface area (TPSA) is 87.1 Å². The van der Waals surface area contributed by atoms with Crippen LogP contribution in [0.3, 0.4) is 0 Å². The number of carboxylic acid groups (broad SMARTS) is 1. The number of hydrogen-bond acceptors (Lipinski definition) is 4. The number of morpholine rings is 1. The van der Waals surface area contributed by atoms with E-state index in [2.05, 4.69) is 0 Å². The molecule has 2 rings (SSSR count). The summed E-state index contributed by atoms with van der Waals surface area (Å²) in [6.07, 6.45) is 0.106. The largest absolute Gasteiger partial charge is 0.481 e. The lowest BCUT2D eigenvalue weighted by Gasteiger charge is -2.32. The molecule has 90 valence electrons. The number of aliphatic hydroxyl groups excluding tert-OH is 1. The van der Waals surface area contributed by atoms with Gasteiger partial charge in [0.05, 0.1) is 31.2 Å². The normalized spacial score (nSPS) is 33.6. The number of nitrogens with zero attached hydrogens (tertiary/aromatic N) is 1. The second kappa shape index (κ2) is 4.39. The number of hydrogen-bond donors (Lipinski definition) is 2. The lowest BCUT2D eigenvalue weighted by Crippen LogP contribution is -2.47. The Morgan fingerprint density at radius 1 is 1.38 bits per heavy atom. The zero-order chi connectivity index (χ0) is 11.7. The maximum atomic E-state index is 11.9. The van der Waals surface area contributed by atoms with Gasteiger partial charge in [0.1, 0.15) is 0 Å². The SMILES string of the molecule is O=C(O)[C@H]1C[C@H]1C(=O)N1CCOC(CO)C1.